The van der Waals surface area contributed by atoms with E-state index in [1.807, 2.05) is 4.90 Å². The van der Waals surface area contributed by atoms with Crippen LogP contribution in [0.2, 0.25) is 10.0 Å². The highest BCUT2D eigenvalue weighted by molar-refractivity contribution is 7.08. The second-order valence-corrected chi connectivity index (χ2v) is 12.7. The summed E-state index contributed by atoms with van der Waals surface area (Å²) >= 11 is 14.0. The van der Waals surface area contributed by atoms with Crippen LogP contribution in [0, 0.1) is 5.92 Å². The molecule has 2 aliphatic rings. The molecule has 4 nitrogen and oxygen atoms in total. The number of nitrogens with zero attached hydrogens (tertiary/aromatic N) is 2. The van der Waals surface area contributed by atoms with Crippen molar-refractivity contribution in [2.24, 2.45) is 5.92 Å². The molecule has 3 unspecified atom stereocenters. The first-order valence-electron chi connectivity index (χ1n) is 13.6. The van der Waals surface area contributed by atoms with E-state index in [-0.39, 0.29) is 5.91 Å². The van der Waals surface area contributed by atoms with Gasteiger partial charge in [0.15, 0.2) is 0 Å². The number of halogens is 2. The lowest BCUT2D eigenvalue weighted by molar-refractivity contribution is -0.0325. The second kappa shape index (κ2) is 12.1. The molecule has 0 spiro atoms. The van der Waals surface area contributed by atoms with Crippen LogP contribution < -0.4 is 0 Å². The Morgan fingerprint density at radius 3 is 2.53 bits per heavy atom. The van der Waals surface area contributed by atoms with Gasteiger partial charge in [0, 0.05) is 44.2 Å². The lowest BCUT2D eigenvalue weighted by atomic mass is 9.82. The molecule has 1 N–H and O–H groups in total. The summed E-state index contributed by atoms with van der Waals surface area (Å²) in [6.07, 6.45) is 3.44. The number of thiophene rings is 1. The third-order valence-corrected chi connectivity index (χ3v) is 10.00. The van der Waals surface area contributed by atoms with Gasteiger partial charge in [-0.05, 0) is 83.7 Å². The summed E-state index contributed by atoms with van der Waals surface area (Å²) < 4.78 is 0. The quantitative estimate of drug-likeness (QED) is 0.308. The molecule has 0 saturated carbocycles. The molecular formula is C31H36Cl2N2O2S. The topological polar surface area (TPSA) is 43.8 Å². The molecule has 3 atom stereocenters. The average molecular weight is 572 g/mol. The van der Waals surface area contributed by atoms with E-state index in [0.29, 0.717) is 39.9 Å². The van der Waals surface area contributed by atoms with Crippen molar-refractivity contribution in [1.82, 2.24) is 9.80 Å². The number of piperidine rings is 1. The van der Waals surface area contributed by atoms with E-state index in [0.717, 1.165) is 51.9 Å². The molecule has 202 valence electrons. The number of hydrogen-bond acceptors (Lipinski definition) is 4. The number of carbonyl (C=O) groups is 1. The Labute approximate surface area is 240 Å². The third kappa shape index (κ3) is 6.46. The number of amides is 1. The molecule has 2 aliphatic heterocycles. The van der Waals surface area contributed by atoms with Crippen molar-refractivity contribution in [2.75, 3.05) is 32.7 Å². The van der Waals surface area contributed by atoms with E-state index >= 15 is 0 Å². The molecule has 0 aliphatic carbocycles. The average Bonchev–Trinajstić information content (AvgIpc) is 3.61. The van der Waals surface area contributed by atoms with Crippen LogP contribution in [0.3, 0.4) is 0 Å². The first kappa shape index (κ1) is 27.7. The van der Waals surface area contributed by atoms with E-state index in [1.54, 1.807) is 29.5 Å². The zero-order valence-corrected chi connectivity index (χ0v) is 24.2. The standard InChI is InChI=1S/C31H36Cl2N2O2S/c1-22(23-5-3-2-4-6-23)9-11-31(37)12-14-34(15-13-31)18-26-19-35(20-27(26)25-10-16-38-21-25)30(36)24-7-8-28(32)29(33)17-24/h2-8,10,16-17,21-22,26-27,37H,9,11-15,18-20H2,1H3. The monoisotopic (exact) mass is 570 g/mol. The smallest absolute Gasteiger partial charge is 0.253 e. The maximum Gasteiger partial charge on any atom is 0.253 e. The first-order chi connectivity index (χ1) is 18.3. The Hall–Kier alpha value is -1.89. The van der Waals surface area contributed by atoms with E-state index in [4.69, 9.17) is 23.2 Å². The van der Waals surface area contributed by atoms with Crippen LogP contribution in [0.5, 0.6) is 0 Å². The van der Waals surface area contributed by atoms with E-state index in [9.17, 15) is 9.90 Å². The predicted molar refractivity (Wildman–Crippen MR) is 158 cm³/mol. The molecule has 38 heavy (non-hydrogen) atoms. The van der Waals surface area contributed by atoms with Crippen molar-refractivity contribution in [3.05, 3.63) is 92.1 Å². The SMILES string of the molecule is CC(CCC1(O)CCN(CC2CN(C(=O)c3ccc(Cl)c(Cl)c3)CC2c2ccsc2)CC1)c1ccccc1. The molecule has 5 rings (SSSR count). The number of benzene rings is 2. The molecule has 2 saturated heterocycles. The summed E-state index contributed by atoms with van der Waals surface area (Å²) in [5.41, 5.74) is 2.65. The summed E-state index contributed by atoms with van der Waals surface area (Å²) in [6, 6.07) is 17.9. The molecule has 7 heteroatoms. The zero-order valence-electron chi connectivity index (χ0n) is 21.9. The van der Waals surface area contributed by atoms with E-state index in [1.165, 1.54) is 11.1 Å². The molecule has 3 heterocycles. The van der Waals surface area contributed by atoms with Gasteiger partial charge in [-0.15, -0.1) is 0 Å². The number of likely N-dealkylation sites (tertiary alicyclic amines) is 2. The summed E-state index contributed by atoms with van der Waals surface area (Å²) in [6.45, 7) is 6.39. The highest BCUT2D eigenvalue weighted by Gasteiger charge is 2.39. The number of hydrogen-bond donors (Lipinski definition) is 1. The molecule has 0 radical (unpaired) electrons. The van der Waals surface area contributed by atoms with Crippen LogP contribution in [-0.4, -0.2) is 59.1 Å². The van der Waals surface area contributed by atoms with Gasteiger partial charge in [-0.2, -0.15) is 11.3 Å². The molecule has 1 aromatic heterocycles. The van der Waals surface area contributed by atoms with Crippen LogP contribution in [0.4, 0.5) is 0 Å². The fraction of sp³-hybridized carbons (Fsp3) is 0.452. The van der Waals surface area contributed by atoms with E-state index < -0.39 is 5.60 Å². The summed E-state index contributed by atoms with van der Waals surface area (Å²) in [4.78, 5) is 17.8. The van der Waals surface area contributed by atoms with Crippen molar-refractivity contribution < 1.29 is 9.90 Å². The number of rotatable bonds is 8. The highest BCUT2D eigenvalue weighted by atomic mass is 35.5. The minimum absolute atomic E-state index is 0.00634. The summed E-state index contributed by atoms with van der Waals surface area (Å²) in [5, 5.41) is 16.5. The molecule has 0 bridgehead atoms. The van der Waals surface area contributed by atoms with Gasteiger partial charge in [-0.3, -0.25) is 4.79 Å². The van der Waals surface area contributed by atoms with Gasteiger partial charge >= 0.3 is 0 Å². The predicted octanol–water partition coefficient (Wildman–Crippen LogP) is 7.32. The van der Waals surface area contributed by atoms with Gasteiger partial charge in [0.2, 0.25) is 0 Å². The Balaban J connectivity index is 1.19. The summed E-state index contributed by atoms with van der Waals surface area (Å²) in [7, 11) is 0. The van der Waals surface area contributed by atoms with Crippen molar-refractivity contribution >= 4 is 40.4 Å². The Bertz CT molecular complexity index is 1210. The summed E-state index contributed by atoms with van der Waals surface area (Å²) in [5.74, 6) is 1.11. The van der Waals surface area contributed by atoms with Crippen molar-refractivity contribution in [1.29, 1.82) is 0 Å². The first-order valence-corrected chi connectivity index (χ1v) is 15.3. The van der Waals surface area contributed by atoms with Gasteiger partial charge in [-0.25, -0.2) is 0 Å². The maximum atomic E-state index is 13.4. The molecular weight excluding hydrogens is 535 g/mol. The number of carbonyl (C=O) groups excluding carboxylic acids is 1. The molecule has 2 aromatic carbocycles. The van der Waals surface area contributed by atoms with Crippen LogP contribution >= 0.6 is 34.5 Å². The van der Waals surface area contributed by atoms with Gasteiger partial charge in [0.1, 0.15) is 0 Å². The normalized spacial score (nSPS) is 22.5. The van der Waals surface area contributed by atoms with Crippen LogP contribution in [0.15, 0.2) is 65.4 Å². The lowest BCUT2D eigenvalue weighted by Gasteiger charge is -2.40. The van der Waals surface area contributed by atoms with Crippen molar-refractivity contribution in [3.63, 3.8) is 0 Å². The molecule has 1 amide bonds. The van der Waals surface area contributed by atoms with Crippen molar-refractivity contribution in [3.8, 4) is 0 Å². The van der Waals surface area contributed by atoms with Crippen LogP contribution in [-0.2, 0) is 0 Å². The lowest BCUT2D eigenvalue weighted by Crippen LogP contribution is -2.46. The highest BCUT2D eigenvalue weighted by Crippen LogP contribution is 2.37. The molecule has 2 fully saturated rings. The fourth-order valence-corrected chi connectivity index (χ4v) is 7.09. The van der Waals surface area contributed by atoms with Gasteiger partial charge in [-0.1, -0.05) is 60.5 Å². The maximum absolute atomic E-state index is 13.4. The Morgan fingerprint density at radius 2 is 1.84 bits per heavy atom. The van der Waals surface area contributed by atoms with E-state index in [2.05, 4.69) is 59.0 Å². The van der Waals surface area contributed by atoms with Gasteiger partial charge < -0.3 is 14.9 Å². The minimum Gasteiger partial charge on any atom is -0.390 e. The van der Waals surface area contributed by atoms with Crippen LogP contribution in [0.1, 0.15) is 65.9 Å². The Kier molecular flexibility index (Phi) is 8.81. The fourth-order valence-electron chi connectivity index (χ4n) is 6.06. The van der Waals surface area contributed by atoms with Gasteiger partial charge in [0.25, 0.3) is 5.91 Å². The third-order valence-electron chi connectivity index (χ3n) is 8.56. The number of aliphatic hydroxyl groups is 1. The van der Waals surface area contributed by atoms with Crippen LogP contribution in [0.25, 0.3) is 0 Å². The second-order valence-electron chi connectivity index (χ2n) is 11.1. The molecule has 3 aromatic rings. The minimum atomic E-state index is -0.585. The van der Waals surface area contributed by atoms with Crippen molar-refractivity contribution in [2.45, 2.75) is 50.0 Å². The Morgan fingerprint density at radius 1 is 1.08 bits per heavy atom. The zero-order chi connectivity index (χ0) is 26.7. The van der Waals surface area contributed by atoms with Gasteiger partial charge in [0.05, 0.1) is 15.6 Å². The largest absolute Gasteiger partial charge is 0.390 e.